The first-order valence-electron chi connectivity index (χ1n) is 8.87. The van der Waals surface area contributed by atoms with E-state index in [1.807, 2.05) is 0 Å². The number of hydrogen-bond donors (Lipinski definition) is 2. The molecule has 0 aromatic rings. The Morgan fingerprint density at radius 3 is 2.78 bits per heavy atom. The van der Waals surface area contributed by atoms with Crippen LogP contribution in [0.5, 0.6) is 0 Å². The molecule has 6 nitrogen and oxygen atoms in total. The molecule has 2 aliphatic rings. The van der Waals surface area contributed by atoms with Crippen LogP contribution in [0, 0.1) is 11.8 Å². The summed E-state index contributed by atoms with van der Waals surface area (Å²) in [6, 6.07) is 0.458. The minimum atomic E-state index is 0.0207. The molecule has 2 rings (SSSR count). The van der Waals surface area contributed by atoms with Gasteiger partial charge in [-0.2, -0.15) is 0 Å². The number of carbonyl (C=O) groups excluding carboxylic acids is 1. The minimum absolute atomic E-state index is 0.0207. The molecule has 3 unspecified atom stereocenters. The second-order valence-corrected chi connectivity index (χ2v) is 7.18. The standard InChI is InChI=1S/C17H32N4O2/c1-13-5-4-6-15(9-13)20-17(19-11-16(22)21(2)3)18-10-14-7-8-23-12-14/h13-15H,4-12H2,1-3H3,(H2,18,19,20). The molecule has 3 atom stereocenters. The summed E-state index contributed by atoms with van der Waals surface area (Å²) in [4.78, 5) is 17.9. The molecule has 2 N–H and O–H groups in total. The van der Waals surface area contributed by atoms with Crippen LogP contribution in [-0.2, 0) is 9.53 Å². The molecule has 2 fully saturated rings. The molecule has 132 valence electrons. The van der Waals surface area contributed by atoms with Gasteiger partial charge in [-0.05, 0) is 25.2 Å². The van der Waals surface area contributed by atoms with Crippen molar-refractivity contribution in [1.82, 2.24) is 15.5 Å². The summed E-state index contributed by atoms with van der Waals surface area (Å²) in [5, 5.41) is 6.94. The Bertz CT molecular complexity index is 405. The summed E-state index contributed by atoms with van der Waals surface area (Å²) in [5.74, 6) is 2.09. The van der Waals surface area contributed by atoms with E-state index >= 15 is 0 Å². The molecular formula is C17H32N4O2. The summed E-state index contributed by atoms with van der Waals surface area (Å²) < 4.78 is 5.42. The zero-order chi connectivity index (χ0) is 16.7. The zero-order valence-electron chi connectivity index (χ0n) is 14.8. The van der Waals surface area contributed by atoms with Crippen LogP contribution in [0.2, 0.25) is 0 Å². The average Bonchev–Trinajstić information content (AvgIpc) is 3.03. The topological polar surface area (TPSA) is 66.0 Å². The number of guanidine groups is 1. The molecule has 0 aromatic carbocycles. The van der Waals surface area contributed by atoms with Crippen molar-refractivity contribution in [2.75, 3.05) is 40.4 Å². The summed E-state index contributed by atoms with van der Waals surface area (Å²) in [6.07, 6.45) is 6.03. The highest BCUT2D eigenvalue weighted by Crippen LogP contribution is 2.23. The van der Waals surface area contributed by atoms with Gasteiger partial charge in [-0.1, -0.05) is 19.8 Å². The molecule has 0 aromatic heterocycles. The van der Waals surface area contributed by atoms with E-state index in [9.17, 15) is 4.79 Å². The number of nitrogens with one attached hydrogen (secondary N) is 2. The Labute approximate surface area is 140 Å². The minimum Gasteiger partial charge on any atom is -0.381 e. The van der Waals surface area contributed by atoms with Gasteiger partial charge in [-0.3, -0.25) is 4.79 Å². The van der Waals surface area contributed by atoms with E-state index in [1.165, 1.54) is 25.7 Å². The molecular weight excluding hydrogens is 292 g/mol. The zero-order valence-corrected chi connectivity index (χ0v) is 14.8. The van der Waals surface area contributed by atoms with Crippen LogP contribution in [0.25, 0.3) is 0 Å². The third-order valence-electron chi connectivity index (χ3n) is 4.73. The van der Waals surface area contributed by atoms with Crippen molar-refractivity contribution in [3.8, 4) is 0 Å². The summed E-state index contributed by atoms with van der Waals surface area (Å²) in [6.45, 7) is 5.02. The number of likely N-dealkylation sites (N-methyl/N-ethyl adjacent to an activating group) is 1. The van der Waals surface area contributed by atoms with Crippen molar-refractivity contribution in [3.05, 3.63) is 0 Å². The Balaban J connectivity index is 1.88. The van der Waals surface area contributed by atoms with Crippen molar-refractivity contribution in [3.63, 3.8) is 0 Å². The fourth-order valence-electron chi connectivity index (χ4n) is 3.18. The molecule has 0 radical (unpaired) electrons. The molecule has 1 aliphatic heterocycles. The summed E-state index contributed by atoms with van der Waals surface area (Å²) in [7, 11) is 3.52. The molecule has 1 aliphatic carbocycles. The molecule has 1 saturated carbocycles. The van der Waals surface area contributed by atoms with Gasteiger partial charge in [0.05, 0.1) is 6.61 Å². The van der Waals surface area contributed by atoms with Crippen molar-refractivity contribution >= 4 is 11.9 Å². The third-order valence-corrected chi connectivity index (χ3v) is 4.73. The van der Waals surface area contributed by atoms with Crippen LogP contribution in [0.3, 0.4) is 0 Å². The van der Waals surface area contributed by atoms with Crippen LogP contribution < -0.4 is 10.6 Å². The average molecular weight is 324 g/mol. The van der Waals surface area contributed by atoms with Crippen LogP contribution in [0.4, 0.5) is 0 Å². The van der Waals surface area contributed by atoms with Crippen molar-refractivity contribution in [2.45, 2.75) is 45.1 Å². The second-order valence-electron chi connectivity index (χ2n) is 7.18. The fraction of sp³-hybridized carbons (Fsp3) is 0.882. The maximum Gasteiger partial charge on any atom is 0.243 e. The quantitative estimate of drug-likeness (QED) is 0.590. The van der Waals surface area contributed by atoms with Crippen LogP contribution in [0.1, 0.15) is 39.0 Å². The second kappa shape index (κ2) is 9.11. The Morgan fingerprint density at radius 1 is 1.30 bits per heavy atom. The largest absolute Gasteiger partial charge is 0.381 e. The molecule has 1 saturated heterocycles. The number of hydrogen-bond acceptors (Lipinski definition) is 3. The first-order valence-corrected chi connectivity index (χ1v) is 8.87. The number of nitrogens with zero attached hydrogens (tertiary/aromatic N) is 2. The first-order chi connectivity index (χ1) is 11.0. The smallest absolute Gasteiger partial charge is 0.243 e. The van der Waals surface area contributed by atoms with Gasteiger partial charge in [0.1, 0.15) is 6.54 Å². The van der Waals surface area contributed by atoms with Crippen molar-refractivity contribution in [2.24, 2.45) is 16.8 Å². The Kier molecular flexibility index (Phi) is 7.15. The van der Waals surface area contributed by atoms with Gasteiger partial charge in [0.2, 0.25) is 5.91 Å². The maximum absolute atomic E-state index is 11.8. The van der Waals surface area contributed by atoms with Gasteiger partial charge >= 0.3 is 0 Å². The van der Waals surface area contributed by atoms with Gasteiger partial charge in [-0.15, -0.1) is 0 Å². The van der Waals surface area contributed by atoms with Gasteiger partial charge in [0.15, 0.2) is 5.96 Å². The van der Waals surface area contributed by atoms with E-state index < -0.39 is 0 Å². The normalized spacial score (nSPS) is 28.5. The Hall–Kier alpha value is -1.30. The van der Waals surface area contributed by atoms with E-state index in [4.69, 9.17) is 4.74 Å². The summed E-state index contributed by atoms with van der Waals surface area (Å²) >= 11 is 0. The first kappa shape index (κ1) is 18.0. The van der Waals surface area contributed by atoms with E-state index in [0.717, 1.165) is 38.1 Å². The SMILES string of the molecule is CC1CCCC(NC(=NCC(=O)N(C)C)NCC2CCOC2)C1. The molecule has 0 bridgehead atoms. The van der Waals surface area contributed by atoms with Gasteiger partial charge < -0.3 is 20.3 Å². The number of carbonyl (C=O) groups is 1. The monoisotopic (exact) mass is 324 g/mol. The lowest BCUT2D eigenvalue weighted by atomic mass is 9.87. The van der Waals surface area contributed by atoms with Gasteiger partial charge in [0, 0.05) is 39.2 Å². The van der Waals surface area contributed by atoms with E-state index in [2.05, 4.69) is 22.5 Å². The summed E-state index contributed by atoms with van der Waals surface area (Å²) in [5.41, 5.74) is 0. The maximum atomic E-state index is 11.8. The number of rotatable bonds is 5. The lowest BCUT2D eigenvalue weighted by Gasteiger charge is -2.29. The van der Waals surface area contributed by atoms with Gasteiger partial charge in [-0.25, -0.2) is 4.99 Å². The highest BCUT2D eigenvalue weighted by atomic mass is 16.5. The molecule has 23 heavy (non-hydrogen) atoms. The van der Waals surface area contributed by atoms with Crippen molar-refractivity contribution in [1.29, 1.82) is 0 Å². The lowest BCUT2D eigenvalue weighted by Crippen LogP contribution is -2.47. The highest BCUT2D eigenvalue weighted by Gasteiger charge is 2.21. The molecule has 1 amide bonds. The molecule has 0 spiro atoms. The van der Waals surface area contributed by atoms with Crippen LogP contribution in [-0.4, -0.2) is 63.2 Å². The molecule has 1 heterocycles. The lowest BCUT2D eigenvalue weighted by molar-refractivity contribution is -0.127. The number of amides is 1. The van der Waals surface area contributed by atoms with Crippen LogP contribution in [0.15, 0.2) is 4.99 Å². The fourth-order valence-corrected chi connectivity index (χ4v) is 3.18. The Morgan fingerprint density at radius 2 is 2.13 bits per heavy atom. The number of ether oxygens (including phenoxy) is 1. The van der Waals surface area contributed by atoms with Crippen LogP contribution >= 0.6 is 0 Å². The highest BCUT2D eigenvalue weighted by molar-refractivity contribution is 5.84. The van der Waals surface area contributed by atoms with E-state index in [-0.39, 0.29) is 12.5 Å². The number of aliphatic imine (C=N–C) groups is 1. The van der Waals surface area contributed by atoms with E-state index in [0.29, 0.717) is 12.0 Å². The predicted octanol–water partition coefficient (Wildman–Crippen LogP) is 1.23. The molecule has 6 heteroatoms. The van der Waals surface area contributed by atoms with Crippen molar-refractivity contribution < 1.29 is 9.53 Å². The predicted molar refractivity (Wildman–Crippen MR) is 92.5 cm³/mol. The van der Waals surface area contributed by atoms with E-state index in [1.54, 1.807) is 19.0 Å². The third kappa shape index (κ3) is 6.37. The van der Waals surface area contributed by atoms with Gasteiger partial charge in [0.25, 0.3) is 0 Å².